The summed E-state index contributed by atoms with van der Waals surface area (Å²) in [4.78, 5) is 8.19. The SMILES string of the molecule is COc1cccc(OC)c1-n1c(NS(=O)(=O)[C@@H](C)[C@H](OC)c2ncc(Cl)cn2)nnc1[C@H]1C[C@@H](F)C1. The van der Waals surface area contributed by atoms with Crippen LogP contribution in [-0.2, 0) is 14.8 Å². The molecule has 0 bridgehead atoms. The molecule has 0 aliphatic heterocycles. The Kier molecular flexibility index (Phi) is 7.62. The number of hydrogen-bond donors (Lipinski definition) is 1. The molecule has 1 aliphatic rings. The van der Waals surface area contributed by atoms with E-state index in [2.05, 4.69) is 24.9 Å². The van der Waals surface area contributed by atoms with Crippen molar-refractivity contribution in [2.24, 2.45) is 0 Å². The van der Waals surface area contributed by atoms with E-state index in [1.54, 1.807) is 18.2 Å². The van der Waals surface area contributed by atoms with Crippen molar-refractivity contribution in [2.45, 2.75) is 43.2 Å². The minimum Gasteiger partial charge on any atom is -0.494 e. The Balaban J connectivity index is 1.76. The first-order valence-electron chi connectivity index (χ1n) is 11.0. The van der Waals surface area contributed by atoms with Crippen LogP contribution in [0.5, 0.6) is 11.5 Å². The third-order valence-corrected chi connectivity index (χ3v) is 7.95. The average Bonchev–Trinajstić information content (AvgIpc) is 3.24. The molecule has 3 aromatic rings. The number of sulfonamides is 1. The first kappa shape index (κ1) is 26.0. The van der Waals surface area contributed by atoms with Gasteiger partial charge in [-0.3, -0.25) is 9.29 Å². The van der Waals surface area contributed by atoms with Crippen molar-refractivity contribution in [3.05, 3.63) is 47.3 Å². The molecule has 1 saturated carbocycles. The summed E-state index contributed by atoms with van der Waals surface area (Å²) in [5.41, 5.74) is 0.388. The van der Waals surface area contributed by atoms with Gasteiger partial charge in [0.15, 0.2) is 5.82 Å². The van der Waals surface area contributed by atoms with Crippen molar-refractivity contribution in [1.82, 2.24) is 24.7 Å². The van der Waals surface area contributed by atoms with Crippen molar-refractivity contribution in [1.29, 1.82) is 0 Å². The molecule has 0 unspecified atom stereocenters. The number of benzene rings is 1. The van der Waals surface area contributed by atoms with Crippen molar-refractivity contribution in [3.8, 4) is 17.2 Å². The molecule has 1 N–H and O–H groups in total. The molecular formula is C22H26ClFN6O5S. The van der Waals surface area contributed by atoms with Gasteiger partial charge in [0, 0.05) is 25.4 Å². The van der Waals surface area contributed by atoms with Gasteiger partial charge >= 0.3 is 0 Å². The Morgan fingerprint density at radius 2 is 1.72 bits per heavy atom. The highest BCUT2D eigenvalue weighted by molar-refractivity contribution is 7.93. The summed E-state index contributed by atoms with van der Waals surface area (Å²) in [6.07, 6.45) is 1.25. The van der Waals surface area contributed by atoms with Crippen molar-refractivity contribution in [2.75, 3.05) is 26.1 Å². The van der Waals surface area contributed by atoms with E-state index in [0.717, 1.165) is 0 Å². The number of anilines is 1. The van der Waals surface area contributed by atoms with Gasteiger partial charge in [-0.1, -0.05) is 17.7 Å². The summed E-state index contributed by atoms with van der Waals surface area (Å²) in [6, 6.07) is 5.12. The molecule has 4 rings (SSSR count). The highest BCUT2D eigenvalue weighted by Gasteiger charge is 2.38. The lowest BCUT2D eigenvalue weighted by molar-refractivity contribution is 0.0950. The molecule has 2 aromatic heterocycles. The number of alkyl halides is 1. The fraction of sp³-hybridized carbons (Fsp3) is 0.455. The summed E-state index contributed by atoms with van der Waals surface area (Å²) < 4.78 is 61.1. The second-order valence-electron chi connectivity index (χ2n) is 8.26. The molecule has 0 saturated heterocycles. The van der Waals surface area contributed by atoms with E-state index in [-0.39, 0.29) is 30.5 Å². The zero-order chi connectivity index (χ0) is 26.0. The number of halogens is 2. The molecule has 1 fully saturated rings. The molecule has 194 valence electrons. The monoisotopic (exact) mass is 540 g/mol. The predicted molar refractivity (Wildman–Crippen MR) is 130 cm³/mol. The molecular weight excluding hydrogens is 515 g/mol. The number of rotatable bonds is 10. The summed E-state index contributed by atoms with van der Waals surface area (Å²) in [5, 5.41) is 7.48. The number of aromatic nitrogens is 5. The van der Waals surface area contributed by atoms with Crippen LogP contribution in [0, 0.1) is 0 Å². The van der Waals surface area contributed by atoms with Crippen LogP contribution in [0.15, 0.2) is 30.6 Å². The standard InChI is InChI=1S/C22H26ClFN6O5S/c1-12(19(35-4)20-25-10-14(23)11-26-20)36(31,32)29-22-28-27-21(13-8-15(24)9-13)30(22)18-16(33-2)6-5-7-17(18)34-3/h5-7,10-13,15,19H,8-9H2,1-4H3,(H,28,29)/t12-,13-,15+,19-/m0/s1. The first-order valence-corrected chi connectivity index (χ1v) is 12.9. The van der Waals surface area contributed by atoms with Crippen molar-refractivity contribution in [3.63, 3.8) is 0 Å². The van der Waals surface area contributed by atoms with E-state index >= 15 is 0 Å². The highest BCUT2D eigenvalue weighted by atomic mass is 35.5. The first-order chi connectivity index (χ1) is 17.2. The van der Waals surface area contributed by atoms with Crippen molar-refractivity contribution < 1.29 is 27.0 Å². The van der Waals surface area contributed by atoms with Gasteiger partial charge in [-0.15, -0.1) is 10.2 Å². The molecule has 0 spiro atoms. The Morgan fingerprint density at radius 3 is 2.25 bits per heavy atom. The maximum atomic E-state index is 13.7. The number of nitrogens with zero attached hydrogens (tertiary/aromatic N) is 5. The van der Waals surface area contributed by atoms with E-state index in [1.807, 2.05) is 0 Å². The maximum absolute atomic E-state index is 13.7. The molecule has 1 aromatic carbocycles. The van der Waals surface area contributed by atoms with E-state index < -0.39 is 27.5 Å². The van der Waals surface area contributed by atoms with Crippen molar-refractivity contribution >= 4 is 27.6 Å². The number of para-hydroxylation sites is 1. The minimum absolute atomic E-state index is 0.103. The van der Waals surface area contributed by atoms with Crippen LogP contribution in [0.4, 0.5) is 10.3 Å². The molecule has 0 amide bonds. The van der Waals surface area contributed by atoms with Gasteiger partial charge in [0.05, 0.1) is 19.2 Å². The van der Waals surface area contributed by atoms with Crippen LogP contribution in [0.25, 0.3) is 5.69 Å². The van der Waals surface area contributed by atoms with E-state index in [1.165, 1.54) is 45.2 Å². The lowest BCUT2D eigenvalue weighted by atomic mass is 9.83. The van der Waals surface area contributed by atoms with Crippen LogP contribution in [-0.4, -0.2) is 65.9 Å². The zero-order valence-electron chi connectivity index (χ0n) is 20.1. The smallest absolute Gasteiger partial charge is 0.243 e. The summed E-state index contributed by atoms with van der Waals surface area (Å²) in [5.74, 6) is 0.965. The molecule has 11 nitrogen and oxygen atoms in total. The number of nitrogens with one attached hydrogen (secondary N) is 1. The second kappa shape index (κ2) is 10.5. The fourth-order valence-electron chi connectivity index (χ4n) is 4.02. The molecule has 2 heterocycles. The number of methoxy groups -OCH3 is 3. The summed E-state index contributed by atoms with van der Waals surface area (Å²) in [6.45, 7) is 1.46. The average molecular weight is 541 g/mol. The molecule has 2 atom stereocenters. The van der Waals surface area contributed by atoms with Crippen LogP contribution < -0.4 is 14.2 Å². The zero-order valence-corrected chi connectivity index (χ0v) is 21.6. The van der Waals surface area contributed by atoms with Gasteiger partial charge in [0.1, 0.15) is 40.5 Å². The summed E-state index contributed by atoms with van der Waals surface area (Å²) in [7, 11) is 0.182. The quantitative estimate of drug-likeness (QED) is 0.410. The van der Waals surface area contributed by atoms with Gasteiger partial charge < -0.3 is 14.2 Å². The molecule has 14 heteroatoms. The van der Waals surface area contributed by atoms with Crippen LogP contribution in [0.1, 0.15) is 43.4 Å². The van der Waals surface area contributed by atoms with E-state index in [4.69, 9.17) is 25.8 Å². The van der Waals surface area contributed by atoms with E-state index in [0.29, 0.717) is 28.0 Å². The van der Waals surface area contributed by atoms with Gasteiger partial charge in [-0.05, 0) is 31.9 Å². The molecule has 1 aliphatic carbocycles. The second-order valence-corrected chi connectivity index (χ2v) is 10.7. The largest absolute Gasteiger partial charge is 0.494 e. The normalized spacial score (nSPS) is 19.3. The number of ether oxygens (including phenoxy) is 3. The van der Waals surface area contributed by atoms with Crippen LogP contribution in [0.3, 0.4) is 0 Å². The topological polar surface area (TPSA) is 130 Å². The molecule has 36 heavy (non-hydrogen) atoms. The Bertz CT molecular complexity index is 1290. The van der Waals surface area contributed by atoms with E-state index in [9.17, 15) is 12.8 Å². The van der Waals surface area contributed by atoms with Gasteiger partial charge in [-0.2, -0.15) is 0 Å². The molecule has 0 radical (unpaired) electrons. The minimum atomic E-state index is -4.13. The Morgan fingerprint density at radius 1 is 1.11 bits per heavy atom. The van der Waals surface area contributed by atoms with Crippen LogP contribution in [0.2, 0.25) is 5.02 Å². The maximum Gasteiger partial charge on any atom is 0.243 e. The lowest BCUT2D eigenvalue weighted by Gasteiger charge is -2.29. The summed E-state index contributed by atoms with van der Waals surface area (Å²) >= 11 is 5.86. The predicted octanol–water partition coefficient (Wildman–Crippen LogP) is 3.46. The third-order valence-electron chi connectivity index (χ3n) is 6.06. The van der Waals surface area contributed by atoms with Gasteiger partial charge in [-0.25, -0.2) is 22.8 Å². The Labute approximate surface area is 213 Å². The fourth-order valence-corrected chi connectivity index (χ4v) is 5.25. The third kappa shape index (κ3) is 4.95. The van der Waals surface area contributed by atoms with Gasteiger partial charge in [0.25, 0.3) is 0 Å². The van der Waals surface area contributed by atoms with Gasteiger partial charge in [0.2, 0.25) is 16.0 Å². The lowest BCUT2D eigenvalue weighted by Crippen LogP contribution is -2.33. The Hall–Kier alpha value is -3.03. The van der Waals surface area contributed by atoms with Crippen LogP contribution >= 0.6 is 11.6 Å². The number of hydrogen-bond acceptors (Lipinski definition) is 9. The highest BCUT2D eigenvalue weighted by Crippen LogP contribution is 2.43.